The van der Waals surface area contributed by atoms with E-state index in [-0.39, 0.29) is 21.4 Å². The van der Waals surface area contributed by atoms with Crippen molar-refractivity contribution in [2.24, 2.45) is 5.14 Å². The number of carbonyl (C=O) groups is 1. The van der Waals surface area contributed by atoms with E-state index in [0.29, 0.717) is 11.1 Å². The molecule has 0 aromatic heterocycles. The molecule has 0 spiro atoms. The summed E-state index contributed by atoms with van der Waals surface area (Å²) in [7, 11) is -7.53. The molecule has 1 aliphatic carbocycles. The van der Waals surface area contributed by atoms with Gasteiger partial charge in [0.2, 0.25) is 20.0 Å². The summed E-state index contributed by atoms with van der Waals surface area (Å²) in [4.78, 5) is 12.9. The van der Waals surface area contributed by atoms with Gasteiger partial charge in [0, 0.05) is 11.6 Å². The standard InChI is InChI=1S/C22H29N3O5S2/c1-15-8-11-20(32(29,30)25-18-6-4-3-5-7-18)14-21(15)22(26)24-16(2)17-9-12-19(13-10-17)31(23,27)28/h8-14,16,18,25H,3-7H2,1-2H3,(H,24,26)(H2,23,27,28)/t16-/m1/s1. The van der Waals surface area contributed by atoms with E-state index in [1.807, 2.05) is 0 Å². The largest absolute Gasteiger partial charge is 0.346 e. The molecule has 0 aliphatic heterocycles. The van der Waals surface area contributed by atoms with Gasteiger partial charge in [0.05, 0.1) is 15.8 Å². The Hall–Kier alpha value is -2.27. The fraction of sp³-hybridized carbons (Fsp3) is 0.409. The summed E-state index contributed by atoms with van der Waals surface area (Å²) >= 11 is 0. The number of primary sulfonamides is 1. The second-order valence-corrected chi connectivity index (χ2v) is 11.5. The van der Waals surface area contributed by atoms with Gasteiger partial charge in [0.15, 0.2) is 0 Å². The molecule has 3 rings (SSSR count). The average Bonchev–Trinajstić information content (AvgIpc) is 2.73. The maximum Gasteiger partial charge on any atom is 0.252 e. The molecular formula is C22H29N3O5S2. The first-order chi connectivity index (χ1) is 15.0. The van der Waals surface area contributed by atoms with Crippen LogP contribution < -0.4 is 15.2 Å². The van der Waals surface area contributed by atoms with Crippen LogP contribution in [0.4, 0.5) is 0 Å². The smallest absolute Gasteiger partial charge is 0.252 e. The lowest BCUT2D eigenvalue weighted by Crippen LogP contribution is -2.36. The van der Waals surface area contributed by atoms with Gasteiger partial charge in [-0.2, -0.15) is 0 Å². The van der Waals surface area contributed by atoms with Crippen LogP contribution in [0.5, 0.6) is 0 Å². The lowest BCUT2D eigenvalue weighted by Gasteiger charge is -2.23. The first kappa shape index (κ1) is 24.4. The van der Waals surface area contributed by atoms with E-state index in [1.165, 1.54) is 24.3 Å². The van der Waals surface area contributed by atoms with Crippen LogP contribution in [0, 0.1) is 6.92 Å². The summed E-state index contributed by atoms with van der Waals surface area (Å²) in [5, 5.41) is 7.95. The van der Waals surface area contributed by atoms with E-state index < -0.39 is 32.0 Å². The summed E-state index contributed by atoms with van der Waals surface area (Å²) in [6.07, 6.45) is 4.77. The first-order valence-corrected chi connectivity index (χ1v) is 13.6. The predicted molar refractivity (Wildman–Crippen MR) is 122 cm³/mol. The normalized spacial score (nSPS) is 16.5. The number of sulfonamides is 2. The Morgan fingerprint density at radius 1 is 0.969 bits per heavy atom. The number of benzene rings is 2. The van der Waals surface area contributed by atoms with Crippen molar-refractivity contribution in [1.29, 1.82) is 0 Å². The van der Waals surface area contributed by atoms with Gasteiger partial charge in [-0.05, 0) is 62.1 Å². The summed E-state index contributed by atoms with van der Waals surface area (Å²) < 4.78 is 51.3. The van der Waals surface area contributed by atoms with Gasteiger partial charge in [-0.25, -0.2) is 26.7 Å². The van der Waals surface area contributed by atoms with Crippen molar-refractivity contribution in [3.63, 3.8) is 0 Å². The second kappa shape index (κ2) is 9.70. The zero-order valence-corrected chi connectivity index (χ0v) is 19.8. The molecule has 0 heterocycles. The van der Waals surface area contributed by atoms with Crippen LogP contribution in [-0.2, 0) is 20.0 Å². The summed E-state index contributed by atoms with van der Waals surface area (Å²) in [5.74, 6) is -0.416. The summed E-state index contributed by atoms with van der Waals surface area (Å²) in [6, 6.07) is 9.92. The Bertz CT molecular complexity index is 1190. The third-order valence-corrected chi connectivity index (χ3v) is 8.19. The number of carbonyl (C=O) groups excluding carboxylic acids is 1. The highest BCUT2D eigenvalue weighted by Crippen LogP contribution is 2.22. The molecule has 1 amide bonds. The van der Waals surface area contributed by atoms with Crippen LogP contribution in [0.25, 0.3) is 0 Å². The molecule has 0 unspecified atom stereocenters. The first-order valence-electron chi connectivity index (χ1n) is 10.5. The number of amides is 1. The number of nitrogens with one attached hydrogen (secondary N) is 2. The molecule has 1 atom stereocenters. The van der Waals surface area contributed by atoms with Gasteiger partial charge < -0.3 is 5.32 Å². The lowest BCUT2D eigenvalue weighted by atomic mass is 9.96. The molecule has 8 nitrogen and oxygen atoms in total. The van der Waals surface area contributed by atoms with E-state index in [2.05, 4.69) is 10.0 Å². The molecule has 2 aromatic rings. The minimum atomic E-state index is -3.80. The molecule has 4 N–H and O–H groups in total. The lowest BCUT2D eigenvalue weighted by molar-refractivity contribution is 0.0939. The molecule has 32 heavy (non-hydrogen) atoms. The molecular weight excluding hydrogens is 450 g/mol. The minimum absolute atomic E-state index is 0.0148. The van der Waals surface area contributed by atoms with E-state index >= 15 is 0 Å². The van der Waals surface area contributed by atoms with Crippen LogP contribution in [-0.4, -0.2) is 28.8 Å². The number of hydrogen-bond donors (Lipinski definition) is 3. The van der Waals surface area contributed by atoms with Crippen LogP contribution in [0.3, 0.4) is 0 Å². The summed E-state index contributed by atoms with van der Waals surface area (Å²) in [6.45, 7) is 3.50. The van der Waals surface area contributed by atoms with Gasteiger partial charge in [0.1, 0.15) is 0 Å². The fourth-order valence-corrected chi connectivity index (χ4v) is 5.67. The maximum absolute atomic E-state index is 12.9. The van der Waals surface area contributed by atoms with Gasteiger partial charge in [-0.1, -0.05) is 37.5 Å². The SMILES string of the molecule is Cc1ccc(S(=O)(=O)NC2CCCCC2)cc1C(=O)N[C@H](C)c1ccc(S(N)(=O)=O)cc1. The maximum atomic E-state index is 12.9. The highest BCUT2D eigenvalue weighted by atomic mass is 32.2. The average molecular weight is 480 g/mol. The topological polar surface area (TPSA) is 135 Å². The molecule has 174 valence electrons. The van der Waals surface area contributed by atoms with Crippen molar-refractivity contribution < 1.29 is 21.6 Å². The predicted octanol–water partition coefficient (Wildman–Crippen LogP) is 2.74. The molecule has 0 radical (unpaired) electrons. The van der Waals surface area contributed by atoms with E-state index in [4.69, 9.17) is 5.14 Å². The molecule has 1 saturated carbocycles. The number of nitrogens with two attached hydrogens (primary N) is 1. The van der Waals surface area contributed by atoms with E-state index in [0.717, 1.165) is 32.1 Å². The number of hydrogen-bond acceptors (Lipinski definition) is 5. The van der Waals surface area contributed by atoms with Crippen LogP contribution in [0.1, 0.15) is 66.6 Å². The van der Waals surface area contributed by atoms with Crippen molar-refractivity contribution >= 4 is 26.0 Å². The van der Waals surface area contributed by atoms with Crippen LogP contribution >= 0.6 is 0 Å². The van der Waals surface area contributed by atoms with E-state index in [1.54, 1.807) is 32.0 Å². The molecule has 0 saturated heterocycles. The van der Waals surface area contributed by atoms with Crippen molar-refractivity contribution in [1.82, 2.24) is 10.0 Å². The van der Waals surface area contributed by atoms with Crippen molar-refractivity contribution in [2.75, 3.05) is 0 Å². The Balaban J connectivity index is 1.76. The van der Waals surface area contributed by atoms with Crippen LogP contribution in [0.15, 0.2) is 52.3 Å². The third-order valence-electron chi connectivity index (χ3n) is 5.75. The Kier molecular flexibility index (Phi) is 7.39. The number of aryl methyl sites for hydroxylation is 1. The molecule has 1 fully saturated rings. The fourth-order valence-electron chi connectivity index (χ4n) is 3.82. The molecule has 10 heteroatoms. The Labute approximate surface area is 189 Å². The zero-order chi connectivity index (χ0) is 23.5. The quantitative estimate of drug-likeness (QED) is 0.561. The molecule has 1 aliphatic rings. The van der Waals surface area contributed by atoms with Gasteiger partial charge in [-0.15, -0.1) is 0 Å². The summed E-state index contributed by atoms with van der Waals surface area (Å²) in [5.41, 5.74) is 1.60. The second-order valence-electron chi connectivity index (χ2n) is 8.24. The van der Waals surface area contributed by atoms with Crippen molar-refractivity contribution in [3.8, 4) is 0 Å². The highest BCUT2D eigenvalue weighted by Gasteiger charge is 2.24. The minimum Gasteiger partial charge on any atom is -0.346 e. The van der Waals surface area contributed by atoms with Crippen molar-refractivity contribution in [3.05, 3.63) is 59.2 Å². The van der Waals surface area contributed by atoms with Crippen molar-refractivity contribution in [2.45, 2.75) is 67.8 Å². The zero-order valence-electron chi connectivity index (χ0n) is 18.2. The monoisotopic (exact) mass is 479 g/mol. The van der Waals surface area contributed by atoms with Gasteiger partial charge in [0.25, 0.3) is 5.91 Å². The molecule has 2 aromatic carbocycles. The van der Waals surface area contributed by atoms with E-state index in [9.17, 15) is 21.6 Å². The highest BCUT2D eigenvalue weighted by molar-refractivity contribution is 7.89. The third kappa shape index (κ3) is 5.94. The molecule has 0 bridgehead atoms. The number of rotatable bonds is 7. The van der Waals surface area contributed by atoms with Gasteiger partial charge >= 0.3 is 0 Å². The van der Waals surface area contributed by atoms with Gasteiger partial charge in [-0.3, -0.25) is 4.79 Å². The Morgan fingerprint density at radius 3 is 2.16 bits per heavy atom. The van der Waals surface area contributed by atoms with Crippen LogP contribution in [0.2, 0.25) is 0 Å². The Morgan fingerprint density at radius 2 is 1.56 bits per heavy atom.